The van der Waals surface area contributed by atoms with Gasteiger partial charge in [0, 0.05) is 5.41 Å². The summed E-state index contributed by atoms with van der Waals surface area (Å²) in [5.41, 5.74) is -0.705. The highest BCUT2D eigenvalue weighted by Gasteiger charge is 2.60. The minimum absolute atomic E-state index is 0.142. The molecular weight excluding hydrogens is 220 g/mol. The molecule has 1 aliphatic heterocycles. The van der Waals surface area contributed by atoms with Crippen LogP contribution < -0.4 is 0 Å². The van der Waals surface area contributed by atoms with E-state index >= 15 is 0 Å². The second-order valence-electron chi connectivity index (χ2n) is 6.04. The lowest BCUT2D eigenvalue weighted by Gasteiger charge is -2.51. The van der Waals surface area contributed by atoms with Crippen LogP contribution in [-0.4, -0.2) is 33.9 Å². The van der Waals surface area contributed by atoms with E-state index in [2.05, 4.69) is 0 Å². The molecule has 16 heavy (non-hydrogen) atoms. The number of aliphatic hydroxyl groups is 2. The summed E-state index contributed by atoms with van der Waals surface area (Å²) in [4.78, 5) is 0. The van der Waals surface area contributed by atoms with E-state index in [1.165, 1.54) is 19.3 Å². The molecule has 1 heterocycles. The van der Waals surface area contributed by atoms with Crippen molar-refractivity contribution in [2.75, 3.05) is 18.1 Å². The third-order valence-electron chi connectivity index (χ3n) is 5.50. The van der Waals surface area contributed by atoms with Gasteiger partial charge in [0.2, 0.25) is 0 Å². The highest BCUT2D eigenvalue weighted by Crippen LogP contribution is 2.62. The minimum atomic E-state index is -0.563. The van der Waals surface area contributed by atoms with Crippen molar-refractivity contribution in [3.63, 3.8) is 0 Å². The Kier molecular flexibility index (Phi) is 2.76. The summed E-state index contributed by atoms with van der Waals surface area (Å²) in [7, 11) is 0. The standard InChI is InChI=1S/C13H22O2S/c14-9-12(8-10-1-2-11(12)7-10)13(15)3-5-16-6-4-13/h10-11,14-15H,1-9H2. The van der Waals surface area contributed by atoms with Crippen molar-refractivity contribution in [1.29, 1.82) is 0 Å². The Balaban J connectivity index is 1.89. The number of thioether (sulfide) groups is 1. The fourth-order valence-electron chi connectivity index (χ4n) is 4.56. The lowest BCUT2D eigenvalue weighted by Crippen LogP contribution is -2.55. The van der Waals surface area contributed by atoms with Crippen LogP contribution >= 0.6 is 11.8 Å². The molecule has 3 unspecified atom stereocenters. The van der Waals surface area contributed by atoms with Crippen LogP contribution in [0, 0.1) is 17.3 Å². The van der Waals surface area contributed by atoms with Crippen LogP contribution in [0.25, 0.3) is 0 Å². The number of rotatable bonds is 2. The van der Waals surface area contributed by atoms with Crippen molar-refractivity contribution in [1.82, 2.24) is 0 Å². The van der Waals surface area contributed by atoms with Crippen LogP contribution in [0.4, 0.5) is 0 Å². The molecule has 3 fully saturated rings. The van der Waals surface area contributed by atoms with Crippen LogP contribution in [0.5, 0.6) is 0 Å². The van der Waals surface area contributed by atoms with Gasteiger partial charge in [-0.3, -0.25) is 0 Å². The molecule has 2 bridgehead atoms. The summed E-state index contributed by atoms with van der Waals surface area (Å²) in [5, 5.41) is 20.9. The van der Waals surface area contributed by atoms with Gasteiger partial charge in [0.25, 0.3) is 0 Å². The molecule has 0 aromatic rings. The van der Waals surface area contributed by atoms with Gasteiger partial charge in [-0.05, 0) is 55.4 Å². The summed E-state index contributed by atoms with van der Waals surface area (Å²) in [6.07, 6.45) is 6.69. The number of hydrogen-bond acceptors (Lipinski definition) is 3. The maximum Gasteiger partial charge on any atom is 0.0744 e. The van der Waals surface area contributed by atoms with E-state index in [-0.39, 0.29) is 12.0 Å². The van der Waals surface area contributed by atoms with Gasteiger partial charge in [-0.1, -0.05) is 6.42 Å². The van der Waals surface area contributed by atoms with Gasteiger partial charge in [0.15, 0.2) is 0 Å². The summed E-state index contributed by atoms with van der Waals surface area (Å²) in [6, 6.07) is 0. The van der Waals surface area contributed by atoms with E-state index in [4.69, 9.17) is 0 Å². The minimum Gasteiger partial charge on any atom is -0.396 e. The zero-order valence-corrected chi connectivity index (χ0v) is 10.6. The largest absolute Gasteiger partial charge is 0.396 e. The van der Waals surface area contributed by atoms with Crippen molar-refractivity contribution < 1.29 is 10.2 Å². The Labute approximate surface area is 102 Å². The van der Waals surface area contributed by atoms with Gasteiger partial charge < -0.3 is 10.2 Å². The summed E-state index contributed by atoms with van der Waals surface area (Å²) >= 11 is 1.94. The molecule has 3 rings (SSSR count). The maximum absolute atomic E-state index is 11.0. The molecule has 0 amide bonds. The Morgan fingerprint density at radius 1 is 1.19 bits per heavy atom. The molecule has 2 N–H and O–H groups in total. The van der Waals surface area contributed by atoms with Crippen molar-refractivity contribution >= 4 is 11.8 Å². The van der Waals surface area contributed by atoms with Crippen LogP contribution in [0.3, 0.4) is 0 Å². The summed E-state index contributed by atoms with van der Waals surface area (Å²) < 4.78 is 0. The molecule has 2 aliphatic carbocycles. The third kappa shape index (κ3) is 1.41. The lowest BCUT2D eigenvalue weighted by atomic mass is 9.60. The number of aliphatic hydroxyl groups excluding tert-OH is 1. The summed E-state index contributed by atoms with van der Waals surface area (Å²) in [6.45, 7) is 0.204. The van der Waals surface area contributed by atoms with Gasteiger partial charge in [-0.15, -0.1) is 0 Å². The molecule has 0 aromatic carbocycles. The zero-order chi connectivity index (χ0) is 11.2. The lowest BCUT2D eigenvalue weighted by molar-refractivity contribution is -0.142. The third-order valence-corrected chi connectivity index (χ3v) is 6.49. The van der Waals surface area contributed by atoms with Gasteiger partial charge in [-0.25, -0.2) is 0 Å². The average Bonchev–Trinajstić information content (AvgIpc) is 2.90. The molecule has 92 valence electrons. The predicted octanol–water partition coefficient (Wildman–Crippen LogP) is 2.04. The number of fused-ring (bicyclic) bond motifs is 2. The Morgan fingerprint density at radius 2 is 1.94 bits per heavy atom. The SMILES string of the molecule is OCC1(C2(O)CCSCC2)CC2CCC1C2. The number of hydrogen-bond donors (Lipinski definition) is 2. The highest BCUT2D eigenvalue weighted by molar-refractivity contribution is 7.99. The molecule has 3 heteroatoms. The van der Waals surface area contributed by atoms with E-state index in [1.807, 2.05) is 11.8 Å². The van der Waals surface area contributed by atoms with Crippen LogP contribution in [0.1, 0.15) is 38.5 Å². The van der Waals surface area contributed by atoms with Gasteiger partial charge in [0.1, 0.15) is 0 Å². The second kappa shape index (κ2) is 3.89. The summed E-state index contributed by atoms with van der Waals surface area (Å²) in [5.74, 6) is 3.51. The van der Waals surface area contributed by atoms with E-state index in [9.17, 15) is 10.2 Å². The molecule has 1 saturated heterocycles. The first-order valence-electron chi connectivity index (χ1n) is 6.61. The first-order valence-corrected chi connectivity index (χ1v) is 7.77. The van der Waals surface area contributed by atoms with Crippen molar-refractivity contribution in [2.24, 2.45) is 17.3 Å². The molecule has 0 aromatic heterocycles. The Hall–Kier alpha value is 0.270. The molecular formula is C13H22O2S. The fraction of sp³-hybridized carbons (Fsp3) is 1.00. The van der Waals surface area contributed by atoms with E-state index in [1.54, 1.807) is 0 Å². The molecule has 0 radical (unpaired) electrons. The smallest absolute Gasteiger partial charge is 0.0744 e. The molecule has 3 aliphatic rings. The van der Waals surface area contributed by atoms with Crippen LogP contribution in [0.15, 0.2) is 0 Å². The normalized spacial score (nSPS) is 46.1. The second-order valence-corrected chi connectivity index (χ2v) is 7.26. The average molecular weight is 242 g/mol. The van der Waals surface area contributed by atoms with Crippen molar-refractivity contribution in [3.8, 4) is 0 Å². The first kappa shape index (κ1) is 11.4. The zero-order valence-electron chi connectivity index (χ0n) is 9.82. The van der Waals surface area contributed by atoms with Gasteiger partial charge in [-0.2, -0.15) is 11.8 Å². The quantitative estimate of drug-likeness (QED) is 0.778. The van der Waals surface area contributed by atoms with Crippen LogP contribution in [-0.2, 0) is 0 Å². The molecule has 3 atom stereocenters. The molecule has 0 spiro atoms. The van der Waals surface area contributed by atoms with Crippen LogP contribution in [0.2, 0.25) is 0 Å². The Morgan fingerprint density at radius 3 is 2.44 bits per heavy atom. The Bertz CT molecular complexity index is 275. The van der Waals surface area contributed by atoms with Crippen molar-refractivity contribution in [2.45, 2.75) is 44.1 Å². The monoisotopic (exact) mass is 242 g/mol. The first-order chi connectivity index (χ1) is 7.70. The molecule has 2 nitrogen and oxygen atoms in total. The fourth-order valence-corrected chi connectivity index (χ4v) is 5.73. The van der Waals surface area contributed by atoms with E-state index in [0.29, 0.717) is 5.92 Å². The molecule has 2 saturated carbocycles. The van der Waals surface area contributed by atoms with Gasteiger partial charge >= 0.3 is 0 Å². The highest BCUT2D eigenvalue weighted by atomic mass is 32.2. The van der Waals surface area contributed by atoms with E-state index in [0.717, 1.165) is 36.7 Å². The van der Waals surface area contributed by atoms with E-state index < -0.39 is 5.60 Å². The van der Waals surface area contributed by atoms with Crippen molar-refractivity contribution in [3.05, 3.63) is 0 Å². The topological polar surface area (TPSA) is 40.5 Å². The van der Waals surface area contributed by atoms with Gasteiger partial charge in [0.05, 0.1) is 12.2 Å². The predicted molar refractivity (Wildman–Crippen MR) is 66.5 cm³/mol. The maximum atomic E-state index is 11.0.